The van der Waals surface area contributed by atoms with Crippen molar-refractivity contribution in [1.29, 1.82) is 0 Å². The maximum Gasteiger partial charge on any atom is 0.322 e. The molecule has 0 fully saturated rings. The first-order valence-corrected chi connectivity index (χ1v) is 11.3. The van der Waals surface area contributed by atoms with Gasteiger partial charge in [-0.1, -0.05) is 48.0 Å². The molecule has 1 unspecified atom stereocenters. The molecule has 1 atom stereocenters. The van der Waals surface area contributed by atoms with Crippen LogP contribution in [0, 0.1) is 0 Å². The normalized spacial score (nSPS) is 11.9. The van der Waals surface area contributed by atoms with Gasteiger partial charge in [0.2, 0.25) is 0 Å². The number of nitrogens with zero attached hydrogens (tertiary/aromatic N) is 3. The Labute approximate surface area is 202 Å². The molecule has 0 aliphatic heterocycles. The lowest BCUT2D eigenvalue weighted by Crippen LogP contribution is -2.41. The quantitative estimate of drug-likeness (QED) is 0.393. The van der Waals surface area contributed by atoms with E-state index in [4.69, 9.17) is 21.3 Å². The lowest BCUT2D eigenvalue weighted by Gasteiger charge is -2.30. The smallest absolute Gasteiger partial charge is 0.322 e. The number of halogens is 1. The molecule has 1 aromatic heterocycles. The third-order valence-corrected chi connectivity index (χ3v) is 5.77. The van der Waals surface area contributed by atoms with Crippen molar-refractivity contribution in [2.75, 3.05) is 25.6 Å². The van der Waals surface area contributed by atoms with E-state index in [2.05, 4.69) is 5.32 Å². The summed E-state index contributed by atoms with van der Waals surface area (Å²) in [7, 11) is 1.58. The van der Waals surface area contributed by atoms with E-state index in [0.29, 0.717) is 46.3 Å². The molecule has 1 N–H and O–H groups in total. The number of benzene rings is 3. The molecule has 4 aromatic rings. The van der Waals surface area contributed by atoms with Gasteiger partial charge in [0.15, 0.2) is 0 Å². The van der Waals surface area contributed by atoms with Gasteiger partial charge in [0.1, 0.15) is 5.82 Å². The molecular formula is C26H25ClN4O3. The van der Waals surface area contributed by atoms with Crippen molar-refractivity contribution >= 4 is 34.2 Å². The molecule has 0 bridgehead atoms. The number of urea groups is 1. The van der Waals surface area contributed by atoms with Crippen molar-refractivity contribution in [3.63, 3.8) is 0 Å². The lowest BCUT2D eigenvalue weighted by molar-refractivity contribution is 0.137. The zero-order valence-electron chi connectivity index (χ0n) is 18.9. The Balaban J connectivity index is 1.81. The molecule has 1 heterocycles. The van der Waals surface area contributed by atoms with Crippen LogP contribution in [-0.4, -0.2) is 40.7 Å². The number of amides is 2. The molecule has 34 heavy (non-hydrogen) atoms. The molecule has 4 rings (SSSR count). The highest BCUT2D eigenvalue weighted by atomic mass is 35.5. The second-order valence-corrected chi connectivity index (χ2v) is 8.20. The largest absolute Gasteiger partial charge is 0.383 e. The zero-order chi connectivity index (χ0) is 24.1. The fourth-order valence-corrected chi connectivity index (χ4v) is 4.01. The van der Waals surface area contributed by atoms with Crippen LogP contribution in [0.3, 0.4) is 0 Å². The monoisotopic (exact) mass is 476 g/mol. The first-order chi connectivity index (χ1) is 16.5. The minimum atomic E-state index is -0.549. The number of hydrogen-bond donors (Lipinski definition) is 1. The number of anilines is 1. The van der Waals surface area contributed by atoms with Crippen molar-refractivity contribution in [1.82, 2.24) is 14.5 Å². The van der Waals surface area contributed by atoms with E-state index in [1.165, 1.54) is 0 Å². The van der Waals surface area contributed by atoms with E-state index in [1.54, 1.807) is 53.0 Å². The minimum Gasteiger partial charge on any atom is -0.383 e. The standard InChI is InChI=1S/C26H25ClN4O3/c1-18(30(15-16-34-2)26(33)28-20-10-8-9-19(27)17-20)24-29-23-14-7-6-13-22(23)25(32)31(24)21-11-4-3-5-12-21/h3-14,17-18H,15-16H2,1-2H3,(H,28,33). The van der Waals surface area contributed by atoms with Crippen LogP contribution in [0.15, 0.2) is 83.7 Å². The number of para-hydroxylation sites is 2. The summed E-state index contributed by atoms with van der Waals surface area (Å²) in [6, 6.07) is 22.5. The fraction of sp³-hybridized carbons (Fsp3) is 0.192. The van der Waals surface area contributed by atoms with Gasteiger partial charge in [-0.3, -0.25) is 9.36 Å². The molecule has 2 amide bonds. The van der Waals surface area contributed by atoms with Gasteiger partial charge in [-0.25, -0.2) is 9.78 Å². The first-order valence-electron chi connectivity index (χ1n) is 10.9. The van der Waals surface area contributed by atoms with Crippen molar-refractivity contribution < 1.29 is 9.53 Å². The Morgan fingerprint density at radius 1 is 1.09 bits per heavy atom. The number of carbonyl (C=O) groups is 1. The van der Waals surface area contributed by atoms with Crippen LogP contribution in [0.1, 0.15) is 18.8 Å². The zero-order valence-corrected chi connectivity index (χ0v) is 19.7. The Bertz CT molecular complexity index is 1360. The molecule has 0 radical (unpaired) electrons. The molecule has 0 saturated heterocycles. The lowest BCUT2D eigenvalue weighted by atomic mass is 10.2. The van der Waals surface area contributed by atoms with Gasteiger partial charge in [-0.2, -0.15) is 0 Å². The molecule has 0 spiro atoms. The van der Waals surface area contributed by atoms with E-state index < -0.39 is 6.04 Å². The van der Waals surface area contributed by atoms with E-state index in [0.717, 1.165) is 0 Å². The van der Waals surface area contributed by atoms with Crippen LogP contribution >= 0.6 is 11.6 Å². The van der Waals surface area contributed by atoms with E-state index in [-0.39, 0.29) is 11.6 Å². The van der Waals surface area contributed by atoms with Crippen LogP contribution in [0.4, 0.5) is 10.5 Å². The maximum absolute atomic E-state index is 13.6. The predicted octanol–water partition coefficient (Wildman–Crippen LogP) is 5.28. The summed E-state index contributed by atoms with van der Waals surface area (Å²) in [5.74, 6) is 0.451. The summed E-state index contributed by atoms with van der Waals surface area (Å²) < 4.78 is 6.82. The van der Waals surface area contributed by atoms with Crippen molar-refractivity contribution in [2.45, 2.75) is 13.0 Å². The second-order valence-electron chi connectivity index (χ2n) is 7.77. The van der Waals surface area contributed by atoms with Gasteiger partial charge >= 0.3 is 6.03 Å². The van der Waals surface area contributed by atoms with Gasteiger partial charge in [0.25, 0.3) is 5.56 Å². The number of rotatable bonds is 7. The number of fused-ring (bicyclic) bond motifs is 1. The average molecular weight is 477 g/mol. The second kappa shape index (κ2) is 10.5. The molecule has 0 saturated carbocycles. The molecule has 8 heteroatoms. The summed E-state index contributed by atoms with van der Waals surface area (Å²) in [5, 5.41) is 3.91. The van der Waals surface area contributed by atoms with E-state index in [9.17, 15) is 9.59 Å². The van der Waals surface area contributed by atoms with Gasteiger partial charge in [-0.05, 0) is 49.4 Å². The van der Waals surface area contributed by atoms with Crippen LogP contribution in [0.2, 0.25) is 5.02 Å². The molecule has 174 valence electrons. The molecular weight excluding hydrogens is 452 g/mol. The molecule has 0 aliphatic rings. The minimum absolute atomic E-state index is 0.194. The van der Waals surface area contributed by atoms with Gasteiger partial charge < -0.3 is 15.0 Å². The van der Waals surface area contributed by atoms with Crippen LogP contribution in [0.5, 0.6) is 0 Å². The molecule has 3 aromatic carbocycles. The van der Waals surface area contributed by atoms with Gasteiger partial charge in [0.05, 0.1) is 29.2 Å². The van der Waals surface area contributed by atoms with E-state index in [1.807, 2.05) is 49.4 Å². The number of ether oxygens (including phenoxy) is 1. The topological polar surface area (TPSA) is 76.5 Å². The SMILES string of the molecule is COCCN(C(=O)Nc1cccc(Cl)c1)C(C)c1nc2ccccc2c(=O)n1-c1ccccc1. The highest BCUT2D eigenvalue weighted by Crippen LogP contribution is 2.24. The number of nitrogens with one attached hydrogen (secondary N) is 1. The average Bonchev–Trinajstić information content (AvgIpc) is 2.84. The fourth-order valence-electron chi connectivity index (χ4n) is 3.82. The summed E-state index contributed by atoms with van der Waals surface area (Å²) in [6.45, 7) is 2.46. The number of methoxy groups -OCH3 is 1. The molecule has 7 nitrogen and oxygen atoms in total. The highest BCUT2D eigenvalue weighted by Gasteiger charge is 2.27. The summed E-state index contributed by atoms with van der Waals surface area (Å²) >= 11 is 6.08. The predicted molar refractivity (Wildman–Crippen MR) is 135 cm³/mol. The van der Waals surface area contributed by atoms with E-state index >= 15 is 0 Å². The van der Waals surface area contributed by atoms with Gasteiger partial charge in [0, 0.05) is 24.4 Å². The summed E-state index contributed by atoms with van der Waals surface area (Å²) in [5.41, 5.74) is 1.62. The Kier molecular flexibility index (Phi) is 7.25. The number of aromatic nitrogens is 2. The molecule has 0 aliphatic carbocycles. The Morgan fingerprint density at radius 3 is 2.56 bits per heavy atom. The third-order valence-electron chi connectivity index (χ3n) is 5.53. The van der Waals surface area contributed by atoms with Crippen molar-refractivity contribution in [3.05, 3.63) is 100 Å². The number of carbonyl (C=O) groups excluding carboxylic acids is 1. The highest BCUT2D eigenvalue weighted by molar-refractivity contribution is 6.30. The third kappa shape index (κ3) is 4.95. The van der Waals surface area contributed by atoms with Crippen LogP contribution < -0.4 is 10.9 Å². The van der Waals surface area contributed by atoms with Crippen LogP contribution in [-0.2, 0) is 4.74 Å². The van der Waals surface area contributed by atoms with Gasteiger partial charge in [-0.15, -0.1) is 0 Å². The summed E-state index contributed by atoms with van der Waals surface area (Å²) in [6.07, 6.45) is 0. The maximum atomic E-state index is 13.6. The Morgan fingerprint density at radius 2 is 1.82 bits per heavy atom. The van der Waals surface area contributed by atoms with Crippen LogP contribution in [0.25, 0.3) is 16.6 Å². The summed E-state index contributed by atoms with van der Waals surface area (Å²) in [4.78, 5) is 33.3. The first kappa shape index (κ1) is 23.5. The van der Waals surface area contributed by atoms with Crippen molar-refractivity contribution in [2.24, 2.45) is 0 Å². The number of hydrogen-bond acceptors (Lipinski definition) is 4. The Hall–Kier alpha value is -3.68. The van der Waals surface area contributed by atoms with Crippen molar-refractivity contribution in [3.8, 4) is 5.69 Å².